The summed E-state index contributed by atoms with van der Waals surface area (Å²) in [7, 11) is 0. The van der Waals surface area contributed by atoms with Crippen LogP contribution in [0.4, 0.5) is 11.4 Å². The summed E-state index contributed by atoms with van der Waals surface area (Å²) in [4.78, 5) is 12.4. The molecule has 106 valence electrons. The van der Waals surface area contributed by atoms with Gasteiger partial charge in [0.15, 0.2) is 0 Å². The summed E-state index contributed by atoms with van der Waals surface area (Å²) in [6.07, 6.45) is 0. The molecule has 0 unspecified atom stereocenters. The molecule has 0 bridgehead atoms. The van der Waals surface area contributed by atoms with Gasteiger partial charge in [0.2, 0.25) is 0 Å². The normalized spacial score (nSPS) is 10.6. The molecule has 5 nitrogen and oxygen atoms in total. The van der Waals surface area contributed by atoms with Crippen LogP contribution in [-0.2, 0) is 6.54 Å². The number of halogens is 2. The van der Waals surface area contributed by atoms with Gasteiger partial charge in [-0.05, 0) is 63.9 Å². The highest BCUT2D eigenvalue weighted by molar-refractivity contribution is 9.11. The van der Waals surface area contributed by atoms with Gasteiger partial charge in [0, 0.05) is 21.2 Å². The fourth-order valence-corrected chi connectivity index (χ4v) is 3.28. The molecule has 1 aromatic carbocycles. The molecule has 2 aromatic rings. The number of nitrogens with zero attached hydrogens (tertiary/aromatic N) is 2. The molecule has 20 heavy (non-hydrogen) atoms. The highest BCUT2D eigenvalue weighted by atomic mass is 79.9. The highest BCUT2D eigenvalue weighted by Gasteiger charge is 2.16. The van der Waals surface area contributed by atoms with Crippen molar-refractivity contribution in [2.75, 3.05) is 11.1 Å². The number of benzene rings is 1. The van der Waals surface area contributed by atoms with Gasteiger partial charge in [0.1, 0.15) is 5.69 Å². The van der Waals surface area contributed by atoms with E-state index in [9.17, 15) is 4.79 Å². The van der Waals surface area contributed by atoms with E-state index < -0.39 is 0 Å². The summed E-state index contributed by atoms with van der Waals surface area (Å²) in [5, 5.41) is 7.12. The van der Waals surface area contributed by atoms with E-state index in [-0.39, 0.29) is 5.91 Å². The first-order chi connectivity index (χ1) is 9.42. The number of aryl methyl sites for hydroxylation is 2. The number of nitrogen functional groups attached to an aromatic ring is 1. The minimum Gasteiger partial charge on any atom is -0.399 e. The second-order valence-electron chi connectivity index (χ2n) is 4.30. The summed E-state index contributed by atoms with van der Waals surface area (Å²) < 4.78 is 3.11. The van der Waals surface area contributed by atoms with Gasteiger partial charge in [-0.25, -0.2) is 0 Å². The Balaban J connectivity index is 2.32. The predicted octanol–water partition coefficient (Wildman–Crippen LogP) is 3.57. The number of anilines is 2. The van der Waals surface area contributed by atoms with Crippen LogP contribution in [0.1, 0.15) is 23.1 Å². The molecule has 3 N–H and O–H groups in total. The molecule has 0 radical (unpaired) electrons. The molecule has 0 fully saturated rings. The molecule has 1 aromatic heterocycles. The summed E-state index contributed by atoms with van der Waals surface area (Å²) in [5.74, 6) is -0.210. The lowest BCUT2D eigenvalue weighted by Crippen LogP contribution is -2.18. The Kier molecular flexibility index (Phi) is 4.49. The molecule has 0 atom stereocenters. The molecular formula is C13H14Br2N4O. The van der Waals surface area contributed by atoms with Crippen LogP contribution < -0.4 is 11.1 Å². The average Bonchev–Trinajstić information content (AvgIpc) is 2.75. The molecular weight excluding hydrogens is 388 g/mol. The van der Waals surface area contributed by atoms with Crippen LogP contribution >= 0.6 is 31.9 Å². The number of aromatic nitrogens is 2. The van der Waals surface area contributed by atoms with Crippen molar-refractivity contribution >= 4 is 49.1 Å². The zero-order valence-electron chi connectivity index (χ0n) is 11.1. The molecule has 0 aliphatic heterocycles. The van der Waals surface area contributed by atoms with Crippen molar-refractivity contribution in [1.82, 2.24) is 9.78 Å². The monoisotopic (exact) mass is 400 g/mol. The number of hydrogen-bond acceptors (Lipinski definition) is 3. The lowest BCUT2D eigenvalue weighted by Gasteiger charge is -2.11. The summed E-state index contributed by atoms with van der Waals surface area (Å²) in [6.45, 7) is 4.44. The number of nitrogens with two attached hydrogens (primary N) is 1. The minimum absolute atomic E-state index is 0.210. The maximum absolute atomic E-state index is 12.4. The second kappa shape index (κ2) is 5.97. The van der Waals surface area contributed by atoms with E-state index in [1.807, 2.05) is 13.8 Å². The van der Waals surface area contributed by atoms with Crippen LogP contribution in [0.3, 0.4) is 0 Å². The van der Waals surface area contributed by atoms with E-state index in [1.54, 1.807) is 22.9 Å². The zero-order chi connectivity index (χ0) is 14.9. The van der Waals surface area contributed by atoms with Gasteiger partial charge in [-0.15, -0.1) is 0 Å². The average molecular weight is 402 g/mol. The number of carbonyl (C=O) groups is 1. The van der Waals surface area contributed by atoms with Crippen LogP contribution in [0.25, 0.3) is 0 Å². The Labute approximate surface area is 133 Å². The highest BCUT2D eigenvalue weighted by Crippen LogP contribution is 2.33. The van der Waals surface area contributed by atoms with Crippen molar-refractivity contribution in [2.24, 2.45) is 0 Å². The van der Waals surface area contributed by atoms with E-state index in [2.05, 4.69) is 42.3 Å². The Bertz CT molecular complexity index is 643. The number of amides is 1. The van der Waals surface area contributed by atoms with Gasteiger partial charge in [0.25, 0.3) is 5.91 Å². The smallest absolute Gasteiger partial charge is 0.274 e. The topological polar surface area (TPSA) is 72.9 Å². The maximum Gasteiger partial charge on any atom is 0.274 e. The standard InChI is InChI=1S/C13H14Br2N4O/c1-3-19-11(4-7(2)18-19)13(20)17-12-9(14)5-8(16)6-10(12)15/h4-6H,3,16H2,1-2H3,(H,17,20). The summed E-state index contributed by atoms with van der Waals surface area (Å²) in [5.41, 5.74) is 8.32. The van der Waals surface area contributed by atoms with E-state index in [1.165, 1.54) is 0 Å². The Morgan fingerprint density at radius 3 is 2.50 bits per heavy atom. The van der Waals surface area contributed by atoms with Crippen molar-refractivity contribution in [1.29, 1.82) is 0 Å². The van der Waals surface area contributed by atoms with Crippen LogP contribution in [0.15, 0.2) is 27.1 Å². The third-order valence-corrected chi connectivity index (χ3v) is 3.99. The van der Waals surface area contributed by atoms with Crippen LogP contribution in [0, 0.1) is 6.92 Å². The van der Waals surface area contributed by atoms with Gasteiger partial charge >= 0.3 is 0 Å². The lowest BCUT2D eigenvalue weighted by molar-refractivity contribution is 0.101. The molecule has 1 heterocycles. The van der Waals surface area contributed by atoms with Crippen LogP contribution in [0.2, 0.25) is 0 Å². The summed E-state index contributed by atoms with van der Waals surface area (Å²) in [6, 6.07) is 5.24. The van der Waals surface area contributed by atoms with Crippen LogP contribution in [0.5, 0.6) is 0 Å². The first-order valence-corrected chi connectivity index (χ1v) is 7.61. The van der Waals surface area contributed by atoms with Gasteiger partial charge in [-0.3, -0.25) is 9.48 Å². The number of hydrogen-bond donors (Lipinski definition) is 2. The molecule has 0 saturated carbocycles. The van der Waals surface area contributed by atoms with Crippen molar-refractivity contribution < 1.29 is 4.79 Å². The predicted molar refractivity (Wildman–Crippen MR) is 86.8 cm³/mol. The zero-order valence-corrected chi connectivity index (χ0v) is 14.2. The third-order valence-electron chi connectivity index (χ3n) is 2.74. The van der Waals surface area contributed by atoms with E-state index in [0.717, 1.165) is 14.6 Å². The van der Waals surface area contributed by atoms with Crippen molar-refractivity contribution in [3.63, 3.8) is 0 Å². The van der Waals surface area contributed by atoms with E-state index in [0.29, 0.717) is 23.6 Å². The SMILES string of the molecule is CCn1nc(C)cc1C(=O)Nc1c(Br)cc(N)cc1Br. The Morgan fingerprint density at radius 1 is 1.35 bits per heavy atom. The summed E-state index contributed by atoms with van der Waals surface area (Å²) >= 11 is 6.79. The first-order valence-electron chi connectivity index (χ1n) is 6.02. The number of carbonyl (C=O) groups excluding carboxylic acids is 1. The largest absolute Gasteiger partial charge is 0.399 e. The van der Waals surface area contributed by atoms with Gasteiger partial charge in [-0.2, -0.15) is 5.10 Å². The van der Waals surface area contributed by atoms with Crippen molar-refractivity contribution in [2.45, 2.75) is 20.4 Å². The molecule has 0 saturated heterocycles. The third kappa shape index (κ3) is 3.04. The molecule has 0 aliphatic rings. The Hall–Kier alpha value is -1.34. The minimum atomic E-state index is -0.210. The molecule has 7 heteroatoms. The van der Waals surface area contributed by atoms with Crippen LogP contribution in [-0.4, -0.2) is 15.7 Å². The quantitative estimate of drug-likeness (QED) is 0.772. The first kappa shape index (κ1) is 15.1. The van der Waals surface area contributed by atoms with Crippen molar-refractivity contribution in [3.8, 4) is 0 Å². The fourth-order valence-electron chi connectivity index (χ4n) is 1.86. The van der Waals surface area contributed by atoms with Gasteiger partial charge in [0.05, 0.1) is 11.4 Å². The fraction of sp³-hybridized carbons (Fsp3) is 0.231. The van der Waals surface area contributed by atoms with Gasteiger partial charge in [-0.1, -0.05) is 0 Å². The molecule has 2 rings (SSSR count). The second-order valence-corrected chi connectivity index (χ2v) is 6.01. The van der Waals surface area contributed by atoms with E-state index >= 15 is 0 Å². The number of rotatable bonds is 3. The van der Waals surface area contributed by atoms with Crippen molar-refractivity contribution in [3.05, 3.63) is 38.5 Å². The Morgan fingerprint density at radius 2 is 1.95 bits per heavy atom. The molecule has 0 aliphatic carbocycles. The van der Waals surface area contributed by atoms with E-state index in [4.69, 9.17) is 5.73 Å². The lowest BCUT2D eigenvalue weighted by atomic mass is 10.2. The molecule has 1 amide bonds. The number of nitrogens with one attached hydrogen (secondary N) is 1. The van der Waals surface area contributed by atoms with Gasteiger partial charge < -0.3 is 11.1 Å². The molecule has 0 spiro atoms. The maximum atomic E-state index is 12.4.